The summed E-state index contributed by atoms with van der Waals surface area (Å²) in [4.78, 5) is 26.0. The Bertz CT molecular complexity index is 1170. The Morgan fingerprint density at radius 2 is 2.00 bits per heavy atom. The van der Waals surface area contributed by atoms with Crippen molar-refractivity contribution < 1.29 is 9.18 Å². The van der Waals surface area contributed by atoms with Crippen molar-refractivity contribution in [3.8, 4) is 0 Å². The molecule has 3 heterocycles. The van der Waals surface area contributed by atoms with Crippen molar-refractivity contribution in [2.45, 2.75) is 31.3 Å². The van der Waals surface area contributed by atoms with Gasteiger partial charge in [-0.3, -0.25) is 14.8 Å². The molecule has 0 bridgehead atoms. The standard InChI is InChI=1S/C24H26FN5O/c1-15-4-5-16(30-13-17(14-30)29(2)3)10-18(15)23(31)28-24(7-8-24)20-6-9-27-22-19(20)11-26-12-21(22)25/h4-6,9-12,17H,7-8,13-14H2,1-3H3,(H,28,31). The van der Waals surface area contributed by atoms with E-state index in [0.717, 1.165) is 42.7 Å². The van der Waals surface area contributed by atoms with Gasteiger partial charge >= 0.3 is 0 Å². The summed E-state index contributed by atoms with van der Waals surface area (Å²) in [5.74, 6) is -0.550. The van der Waals surface area contributed by atoms with E-state index in [1.165, 1.54) is 6.20 Å². The number of fused-ring (bicyclic) bond motifs is 1. The highest BCUT2D eigenvalue weighted by atomic mass is 19.1. The van der Waals surface area contributed by atoms with E-state index in [4.69, 9.17) is 0 Å². The molecule has 1 aliphatic carbocycles. The van der Waals surface area contributed by atoms with Crippen LogP contribution in [0, 0.1) is 12.7 Å². The van der Waals surface area contributed by atoms with Gasteiger partial charge in [-0.05, 0) is 63.2 Å². The summed E-state index contributed by atoms with van der Waals surface area (Å²) in [6.45, 7) is 3.88. The highest BCUT2D eigenvalue weighted by molar-refractivity contribution is 5.98. The van der Waals surface area contributed by atoms with Gasteiger partial charge in [0.2, 0.25) is 0 Å². The number of anilines is 1. The zero-order valence-corrected chi connectivity index (χ0v) is 18.0. The van der Waals surface area contributed by atoms with E-state index >= 15 is 0 Å². The second-order valence-corrected chi connectivity index (χ2v) is 8.93. The van der Waals surface area contributed by atoms with Crippen LogP contribution in [-0.2, 0) is 5.54 Å². The van der Waals surface area contributed by atoms with Crippen LogP contribution in [0.25, 0.3) is 10.9 Å². The van der Waals surface area contributed by atoms with E-state index in [9.17, 15) is 9.18 Å². The van der Waals surface area contributed by atoms with Crippen molar-refractivity contribution in [1.82, 2.24) is 20.2 Å². The van der Waals surface area contributed by atoms with Crippen LogP contribution in [0.4, 0.5) is 10.1 Å². The maximum Gasteiger partial charge on any atom is 0.252 e. The summed E-state index contributed by atoms with van der Waals surface area (Å²) >= 11 is 0. The predicted octanol–water partition coefficient (Wildman–Crippen LogP) is 3.25. The number of likely N-dealkylation sites (N-methyl/N-ethyl adjacent to an activating group) is 1. The molecule has 0 spiro atoms. The lowest BCUT2D eigenvalue weighted by atomic mass is 9.99. The molecule has 1 aliphatic heterocycles. The molecule has 3 aromatic rings. The van der Waals surface area contributed by atoms with Crippen LogP contribution in [0.5, 0.6) is 0 Å². The number of aromatic nitrogens is 2. The summed E-state index contributed by atoms with van der Waals surface area (Å²) < 4.78 is 14.2. The second kappa shape index (κ2) is 7.27. The molecule has 5 rings (SSSR count). The molecule has 1 saturated carbocycles. The van der Waals surface area contributed by atoms with Gasteiger partial charge < -0.3 is 15.1 Å². The zero-order valence-electron chi connectivity index (χ0n) is 18.0. The van der Waals surface area contributed by atoms with E-state index in [1.54, 1.807) is 12.4 Å². The first-order valence-corrected chi connectivity index (χ1v) is 10.6. The number of pyridine rings is 2. The van der Waals surface area contributed by atoms with Gasteiger partial charge in [0.1, 0.15) is 5.52 Å². The number of hydrogen-bond acceptors (Lipinski definition) is 5. The molecule has 0 radical (unpaired) electrons. The fourth-order valence-corrected chi connectivity index (χ4v) is 4.37. The minimum Gasteiger partial charge on any atom is -0.368 e. The number of hydrogen-bond donors (Lipinski definition) is 1. The summed E-state index contributed by atoms with van der Waals surface area (Å²) in [6, 6.07) is 8.48. The quantitative estimate of drug-likeness (QED) is 0.688. The van der Waals surface area contributed by atoms with Crippen molar-refractivity contribution in [3.63, 3.8) is 0 Å². The Morgan fingerprint density at radius 1 is 1.23 bits per heavy atom. The molecule has 7 heteroatoms. The molecule has 1 aromatic carbocycles. The van der Waals surface area contributed by atoms with E-state index < -0.39 is 11.4 Å². The molecule has 31 heavy (non-hydrogen) atoms. The van der Waals surface area contributed by atoms with Gasteiger partial charge in [-0.25, -0.2) is 4.39 Å². The minimum atomic E-state index is -0.497. The topological polar surface area (TPSA) is 61.4 Å². The molecule has 160 valence electrons. The number of rotatable bonds is 5. The van der Waals surface area contributed by atoms with Crippen LogP contribution in [0.2, 0.25) is 0 Å². The number of halogens is 1. The van der Waals surface area contributed by atoms with Crippen LogP contribution >= 0.6 is 0 Å². The summed E-state index contributed by atoms with van der Waals surface area (Å²) in [5, 5.41) is 3.89. The number of nitrogens with one attached hydrogen (secondary N) is 1. The smallest absolute Gasteiger partial charge is 0.252 e. The lowest BCUT2D eigenvalue weighted by Crippen LogP contribution is -2.57. The monoisotopic (exact) mass is 419 g/mol. The van der Waals surface area contributed by atoms with Gasteiger partial charge in [0.15, 0.2) is 5.82 Å². The molecule has 0 unspecified atom stereocenters. The maximum atomic E-state index is 14.2. The average Bonchev–Trinajstić information content (AvgIpc) is 3.48. The lowest BCUT2D eigenvalue weighted by molar-refractivity contribution is 0.0930. The highest BCUT2D eigenvalue weighted by Crippen LogP contribution is 2.48. The molecule has 2 fully saturated rings. The highest BCUT2D eigenvalue weighted by Gasteiger charge is 2.47. The Balaban J connectivity index is 1.41. The molecule has 2 aromatic heterocycles. The van der Waals surface area contributed by atoms with Gasteiger partial charge in [0.25, 0.3) is 5.91 Å². The average molecular weight is 420 g/mol. The molecule has 1 N–H and O–H groups in total. The fourth-order valence-electron chi connectivity index (χ4n) is 4.37. The number of carbonyl (C=O) groups excluding carboxylic acids is 1. The molecule has 1 amide bonds. The van der Waals surface area contributed by atoms with E-state index in [0.29, 0.717) is 22.5 Å². The van der Waals surface area contributed by atoms with Crippen molar-refractivity contribution in [1.29, 1.82) is 0 Å². The van der Waals surface area contributed by atoms with Gasteiger partial charge in [0, 0.05) is 48.2 Å². The minimum absolute atomic E-state index is 0.101. The van der Waals surface area contributed by atoms with Crippen molar-refractivity contribution >= 4 is 22.5 Å². The van der Waals surface area contributed by atoms with E-state index in [-0.39, 0.29) is 5.91 Å². The molecule has 0 atom stereocenters. The Morgan fingerprint density at radius 3 is 2.71 bits per heavy atom. The third-order valence-electron chi connectivity index (χ3n) is 6.65. The van der Waals surface area contributed by atoms with Crippen molar-refractivity contribution in [2.75, 3.05) is 32.1 Å². The van der Waals surface area contributed by atoms with Crippen LogP contribution < -0.4 is 10.2 Å². The first kappa shape index (κ1) is 19.9. The van der Waals surface area contributed by atoms with Gasteiger partial charge in [-0.2, -0.15) is 0 Å². The number of benzene rings is 1. The largest absolute Gasteiger partial charge is 0.368 e. The van der Waals surface area contributed by atoms with E-state index in [1.807, 2.05) is 25.1 Å². The number of nitrogens with zero attached hydrogens (tertiary/aromatic N) is 4. The number of amides is 1. The normalized spacial score (nSPS) is 17.6. The Hall–Kier alpha value is -3.06. The molecule has 6 nitrogen and oxygen atoms in total. The van der Waals surface area contributed by atoms with Crippen molar-refractivity contribution in [2.24, 2.45) is 0 Å². The van der Waals surface area contributed by atoms with Crippen LogP contribution in [0.1, 0.15) is 34.3 Å². The third kappa shape index (κ3) is 3.43. The number of aryl methyl sites for hydroxylation is 1. The van der Waals surface area contributed by atoms with Gasteiger partial charge in [-0.15, -0.1) is 0 Å². The van der Waals surface area contributed by atoms with Gasteiger partial charge in [-0.1, -0.05) is 6.07 Å². The van der Waals surface area contributed by atoms with Crippen molar-refractivity contribution in [3.05, 3.63) is 65.4 Å². The summed E-state index contributed by atoms with van der Waals surface area (Å²) in [7, 11) is 4.19. The number of carbonyl (C=O) groups is 1. The zero-order chi connectivity index (χ0) is 21.8. The SMILES string of the molecule is Cc1ccc(N2CC(N(C)C)C2)cc1C(=O)NC1(c2ccnc3c(F)cncc23)CC1. The summed E-state index contributed by atoms with van der Waals surface area (Å²) in [6.07, 6.45) is 6.02. The molecule has 2 aliphatic rings. The third-order valence-corrected chi connectivity index (χ3v) is 6.65. The van der Waals surface area contributed by atoms with Crippen LogP contribution in [-0.4, -0.2) is 54.0 Å². The molecular weight excluding hydrogens is 393 g/mol. The lowest BCUT2D eigenvalue weighted by Gasteiger charge is -2.44. The first-order chi connectivity index (χ1) is 14.9. The van der Waals surface area contributed by atoms with Crippen LogP contribution in [0.3, 0.4) is 0 Å². The Labute approximate surface area is 181 Å². The Kier molecular flexibility index (Phi) is 4.66. The van der Waals surface area contributed by atoms with E-state index in [2.05, 4.69) is 45.2 Å². The fraction of sp³-hybridized carbons (Fsp3) is 0.375. The second-order valence-electron chi connectivity index (χ2n) is 8.93. The first-order valence-electron chi connectivity index (χ1n) is 10.6. The summed E-state index contributed by atoms with van der Waals surface area (Å²) in [5.41, 5.74) is 3.36. The molecule has 1 saturated heterocycles. The maximum absolute atomic E-state index is 14.2. The van der Waals surface area contributed by atoms with Crippen LogP contribution in [0.15, 0.2) is 42.9 Å². The van der Waals surface area contributed by atoms with Gasteiger partial charge in [0.05, 0.1) is 11.7 Å². The molecular formula is C24H26FN5O. The predicted molar refractivity (Wildman–Crippen MR) is 119 cm³/mol.